The predicted molar refractivity (Wildman–Crippen MR) is 97.6 cm³/mol. The van der Waals surface area contributed by atoms with Crippen molar-refractivity contribution in [3.63, 3.8) is 0 Å². The third-order valence-corrected chi connectivity index (χ3v) is 4.75. The Bertz CT molecular complexity index is 1050. The molecule has 4 nitrogen and oxygen atoms in total. The van der Waals surface area contributed by atoms with E-state index in [0.717, 1.165) is 21.8 Å². The third kappa shape index (κ3) is 2.92. The fourth-order valence-electron chi connectivity index (χ4n) is 2.63. The molecule has 3 heterocycles. The minimum absolute atomic E-state index is 0.305. The Hall–Kier alpha value is -2.99. The average Bonchev–Trinajstić information content (AvgIpc) is 3.23. The standard InChI is InChI=1S/C19H14FN3OS/c1-12-8-9-23-16(11-12)21-17(15-3-2-10-25-15)18(23)22-19(24)13-4-6-14(20)7-5-13/h2-11H,1H3,(H,22,24). The minimum Gasteiger partial charge on any atom is -0.306 e. The Labute approximate surface area is 147 Å². The number of imidazole rings is 1. The fraction of sp³-hybridized carbons (Fsp3) is 0.0526. The predicted octanol–water partition coefficient (Wildman–Crippen LogP) is 4.76. The van der Waals surface area contributed by atoms with Gasteiger partial charge in [-0.05, 0) is 60.3 Å². The van der Waals surface area contributed by atoms with Crippen LogP contribution in [0.25, 0.3) is 16.2 Å². The first kappa shape index (κ1) is 15.5. The number of aromatic nitrogens is 2. The summed E-state index contributed by atoms with van der Waals surface area (Å²) >= 11 is 1.56. The number of nitrogens with one attached hydrogen (secondary N) is 1. The van der Waals surface area contributed by atoms with Gasteiger partial charge in [-0.3, -0.25) is 9.20 Å². The molecule has 0 saturated carbocycles. The van der Waals surface area contributed by atoms with Crippen LogP contribution in [0.3, 0.4) is 0 Å². The lowest BCUT2D eigenvalue weighted by Gasteiger charge is -2.07. The van der Waals surface area contributed by atoms with Gasteiger partial charge in [0.25, 0.3) is 5.91 Å². The first-order chi connectivity index (χ1) is 12.1. The Morgan fingerprint density at radius 2 is 2.00 bits per heavy atom. The molecule has 6 heteroatoms. The Balaban J connectivity index is 1.80. The fourth-order valence-corrected chi connectivity index (χ4v) is 3.35. The number of thiophene rings is 1. The number of nitrogens with zero attached hydrogens (tertiary/aromatic N) is 2. The molecular weight excluding hydrogens is 337 g/mol. The smallest absolute Gasteiger partial charge is 0.256 e. The summed E-state index contributed by atoms with van der Waals surface area (Å²) in [6.45, 7) is 2.00. The number of hydrogen-bond donors (Lipinski definition) is 1. The number of benzene rings is 1. The maximum atomic E-state index is 13.1. The van der Waals surface area contributed by atoms with E-state index in [4.69, 9.17) is 0 Å². The van der Waals surface area contributed by atoms with Gasteiger partial charge in [-0.15, -0.1) is 11.3 Å². The SMILES string of the molecule is Cc1ccn2c(NC(=O)c3ccc(F)cc3)c(-c3cccs3)nc2c1. The Kier molecular flexibility index (Phi) is 3.82. The largest absolute Gasteiger partial charge is 0.306 e. The van der Waals surface area contributed by atoms with E-state index in [-0.39, 0.29) is 11.7 Å². The van der Waals surface area contributed by atoms with Crippen LogP contribution >= 0.6 is 11.3 Å². The highest BCUT2D eigenvalue weighted by Gasteiger charge is 2.18. The van der Waals surface area contributed by atoms with Gasteiger partial charge in [-0.25, -0.2) is 9.37 Å². The lowest BCUT2D eigenvalue weighted by molar-refractivity contribution is 0.102. The van der Waals surface area contributed by atoms with Crippen LogP contribution in [0.5, 0.6) is 0 Å². The van der Waals surface area contributed by atoms with E-state index in [1.54, 1.807) is 11.3 Å². The van der Waals surface area contributed by atoms with Crippen LogP contribution in [0.15, 0.2) is 60.1 Å². The molecule has 4 aromatic rings. The summed E-state index contributed by atoms with van der Waals surface area (Å²) in [7, 11) is 0. The molecule has 1 aromatic carbocycles. The second kappa shape index (κ2) is 6.14. The van der Waals surface area contributed by atoms with Crippen molar-refractivity contribution in [1.82, 2.24) is 9.38 Å². The molecule has 0 aliphatic carbocycles. The number of fused-ring (bicyclic) bond motifs is 1. The van der Waals surface area contributed by atoms with Gasteiger partial charge < -0.3 is 5.32 Å². The second-order valence-corrected chi connectivity index (χ2v) is 6.63. The van der Waals surface area contributed by atoms with Crippen molar-refractivity contribution in [2.24, 2.45) is 0 Å². The molecule has 1 amide bonds. The number of carbonyl (C=O) groups excluding carboxylic acids is 1. The summed E-state index contributed by atoms with van der Waals surface area (Å²) in [5.74, 6) is -0.0759. The van der Waals surface area contributed by atoms with Crippen LogP contribution in [0.2, 0.25) is 0 Å². The zero-order valence-electron chi connectivity index (χ0n) is 13.4. The number of aryl methyl sites for hydroxylation is 1. The van der Waals surface area contributed by atoms with Crippen molar-refractivity contribution in [2.45, 2.75) is 6.92 Å². The van der Waals surface area contributed by atoms with Crippen molar-refractivity contribution in [2.75, 3.05) is 5.32 Å². The molecule has 3 aromatic heterocycles. The quantitative estimate of drug-likeness (QED) is 0.578. The normalized spacial score (nSPS) is 11.0. The lowest BCUT2D eigenvalue weighted by Crippen LogP contribution is -2.14. The Morgan fingerprint density at radius 1 is 1.20 bits per heavy atom. The van der Waals surface area contributed by atoms with Crippen molar-refractivity contribution in [3.8, 4) is 10.6 Å². The highest BCUT2D eigenvalue weighted by atomic mass is 32.1. The van der Waals surface area contributed by atoms with Gasteiger partial charge in [0.2, 0.25) is 0 Å². The maximum absolute atomic E-state index is 13.1. The van der Waals surface area contributed by atoms with Gasteiger partial charge in [0.15, 0.2) is 0 Å². The number of rotatable bonds is 3. The van der Waals surface area contributed by atoms with Gasteiger partial charge >= 0.3 is 0 Å². The molecular formula is C19H14FN3OS. The monoisotopic (exact) mass is 351 g/mol. The van der Waals surface area contributed by atoms with Gasteiger partial charge in [-0.1, -0.05) is 6.07 Å². The number of hydrogen-bond acceptors (Lipinski definition) is 3. The topological polar surface area (TPSA) is 46.4 Å². The second-order valence-electron chi connectivity index (χ2n) is 5.68. The minimum atomic E-state index is -0.374. The number of carbonyl (C=O) groups is 1. The molecule has 124 valence electrons. The van der Waals surface area contributed by atoms with Gasteiger partial charge in [-0.2, -0.15) is 0 Å². The zero-order valence-corrected chi connectivity index (χ0v) is 14.2. The average molecular weight is 351 g/mol. The summed E-state index contributed by atoms with van der Waals surface area (Å²) in [6, 6.07) is 13.3. The molecule has 1 N–H and O–H groups in total. The molecule has 0 saturated heterocycles. The molecule has 0 fully saturated rings. The molecule has 25 heavy (non-hydrogen) atoms. The summed E-state index contributed by atoms with van der Waals surface area (Å²) in [5.41, 5.74) is 2.96. The van der Waals surface area contributed by atoms with Crippen LogP contribution < -0.4 is 5.32 Å². The van der Waals surface area contributed by atoms with Crippen molar-refractivity contribution in [1.29, 1.82) is 0 Å². The van der Waals surface area contributed by atoms with Crippen molar-refractivity contribution < 1.29 is 9.18 Å². The van der Waals surface area contributed by atoms with Crippen molar-refractivity contribution >= 4 is 28.7 Å². The molecule has 4 rings (SSSR count). The van der Waals surface area contributed by atoms with Gasteiger partial charge in [0.1, 0.15) is 23.0 Å². The van der Waals surface area contributed by atoms with Crippen LogP contribution in [0.4, 0.5) is 10.2 Å². The number of anilines is 1. The molecule has 0 atom stereocenters. The first-order valence-corrected chi connectivity index (χ1v) is 8.59. The van der Waals surface area contributed by atoms with E-state index >= 15 is 0 Å². The van der Waals surface area contributed by atoms with Crippen LogP contribution in [-0.4, -0.2) is 15.3 Å². The van der Waals surface area contributed by atoms with E-state index < -0.39 is 0 Å². The molecule has 0 spiro atoms. The van der Waals surface area contributed by atoms with Crippen LogP contribution in [0.1, 0.15) is 15.9 Å². The van der Waals surface area contributed by atoms with Crippen LogP contribution in [-0.2, 0) is 0 Å². The summed E-state index contributed by atoms with van der Waals surface area (Å²) < 4.78 is 14.9. The Morgan fingerprint density at radius 3 is 2.72 bits per heavy atom. The number of halogens is 1. The molecule has 0 bridgehead atoms. The first-order valence-electron chi connectivity index (χ1n) is 7.71. The number of amides is 1. The van der Waals surface area contributed by atoms with E-state index in [1.165, 1.54) is 24.3 Å². The third-order valence-electron chi connectivity index (χ3n) is 3.87. The highest BCUT2D eigenvalue weighted by molar-refractivity contribution is 7.13. The van der Waals surface area contributed by atoms with Gasteiger partial charge in [0, 0.05) is 11.8 Å². The zero-order chi connectivity index (χ0) is 17.4. The molecule has 0 unspecified atom stereocenters. The number of pyridine rings is 1. The van der Waals surface area contributed by atoms with Crippen LogP contribution in [0, 0.1) is 12.7 Å². The molecule has 0 aliphatic rings. The maximum Gasteiger partial charge on any atom is 0.256 e. The lowest BCUT2D eigenvalue weighted by atomic mass is 10.2. The van der Waals surface area contributed by atoms with E-state index in [9.17, 15) is 9.18 Å². The van der Waals surface area contributed by atoms with E-state index in [1.807, 2.05) is 47.2 Å². The van der Waals surface area contributed by atoms with E-state index in [2.05, 4.69) is 10.3 Å². The van der Waals surface area contributed by atoms with Crippen molar-refractivity contribution in [3.05, 3.63) is 77.1 Å². The van der Waals surface area contributed by atoms with Gasteiger partial charge in [0.05, 0.1) is 4.88 Å². The molecule has 0 aliphatic heterocycles. The van der Waals surface area contributed by atoms with E-state index in [0.29, 0.717) is 11.4 Å². The molecule has 0 radical (unpaired) electrons. The summed E-state index contributed by atoms with van der Waals surface area (Å²) in [5, 5.41) is 4.89. The summed E-state index contributed by atoms with van der Waals surface area (Å²) in [6.07, 6.45) is 1.88. The highest BCUT2D eigenvalue weighted by Crippen LogP contribution is 2.32. The summed E-state index contributed by atoms with van der Waals surface area (Å²) in [4.78, 5) is 18.2.